The average Bonchev–Trinajstić information content (AvgIpc) is 2.91. The number of hydrogen-bond donors (Lipinski definition) is 1. The minimum atomic E-state index is 0.607. The Morgan fingerprint density at radius 2 is 1.89 bits per heavy atom. The monoisotopic (exact) mass is 270 g/mol. The van der Waals surface area contributed by atoms with Crippen LogP contribution in [0.25, 0.3) is 5.69 Å². The molecule has 3 rings (SSSR count). The van der Waals surface area contributed by atoms with Gasteiger partial charge in [-0.2, -0.15) is 4.68 Å². The van der Waals surface area contributed by atoms with Gasteiger partial charge in [0.2, 0.25) is 5.16 Å². The van der Waals surface area contributed by atoms with Crippen LogP contribution < -0.4 is 5.73 Å². The van der Waals surface area contributed by atoms with Crippen molar-refractivity contribution >= 4 is 17.4 Å². The van der Waals surface area contributed by atoms with E-state index in [0.717, 1.165) is 5.69 Å². The summed E-state index contributed by atoms with van der Waals surface area (Å²) in [5.74, 6) is 0. The van der Waals surface area contributed by atoms with E-state index in [1.54, 1.807) is 23.0 Å². The molecule has 0 aliphatic heterocycles. The number of aromatic nitrogens is 5. The maximum atomic E-state index is 5.86. The molecular weight excluding hydrogens is 260 g/mol. The second-order valence-electron chi connectivity index (χ2n) is 3.71. The summed E-state index contributed by atoms with van der Waals surface area (Å²) in [6.07, 6.45) is 1.69. The highest BCUT2D eigenvalue weighted by molar-refractivity contribution is 7.99. The zero-order chi connectivity index (χ0) is 13.1. The van der Waals surface area contributed by atoms with E-state index in [1.165, 1.54) is 11.8 Å². The Morgan fingerprint density at radius 1 is 1.05 bits per heavy atom. The summed E-state index contributed by atoms with van der Waals surface area (Å²) in [7, 11) is 0. The highest BCUT2D eigenvalue weighted by Crippen LogP contribution is 2.28. The van der Waals surface area contributed by atoms with Gasteiger partial charge in [-0.15, -0.1) is 5.10 Å². The molecule has 3 aromatic rings. The number of rotatable bonds is 3. The predicted octanol–water partition coefficient (Wildman–Crippen LogP) is 1.79. The summed E-state index contributed by atoms with van der Waals surface area (Å²) in [5.41, 5.74) is 7.36. The second-order valence-corrected chi connectivity index (χ2v) is 4.66. The van der Waals surface area contributed by atoms with Crippen molar-refractivity contribution in [2.75, 3.05) is 5.73 Å². The lowest BCUT2D eigenvalue weighted by Gasteiger charge is -2.04. The van der Waals surface area contributed by atoms with E-state index >= 15 is 0 Å². The Morgan fingerprint density at radius 3 is 2.68 bits per heavy atom. The first-order valence-electron chi connectivity index (χ1n) is 5.57. The molecule has 2 aromatic heterocycles. The summed E-state index contributed by atoms with van der Waals surface area (Å²) >= 11 is 1.33. The molecule has 2 heterocycles. The molecule has 0 aliphatic rings. The predicted molar refractivity (Wildman–Crippen MR) is 71.9 cm³/mol. The Hall–Kier alpha value is -2.41. The molecule has 0 fully saturated rings. The van der Waals surface area contributed by atoms with Crippen LogP contribution in [0.5, 0.6) is 0 Å². The standard InChI is InChI=1S/C12H10N6S/c13-10-7-4-8-14-11(10)19-12-15-16-17-18(12)9-5-2-1-3-6-9/h1-8H,13H2. The van der Waals surface area contributed by atoms with Gasteiger partial charge in [-0.1, -0.05) is 18.2 Å². The zero-order valence-corrected chi connectivity index (χ0v) is 10.7. The number of nitrogens with two attached hydrogens (primary N) is 1. The molecule has 0 amide bonds. The largest absolute Gasteiger partial charge is 0.397 e. The van der Waals surface area contributed by atoms with Crippen LogP contribution in [0.1, 0.15) is 0 Å². The van der Waals surface area contributed by atoms with Crippen LogP contribution in [-0.4, -0.2) is 25.2 Å². The maximum absolute atomic E-state index is 5.86. The molecular formula is C12H10N6S. The summed E-state index contributed by atoms with van der Waals surface area (Å²) in [5, 5.41) is 13.0. The van der Waals surface area contributed by atoms with Crippen LogP contribution in [0.4, 0.5) is 5.69 Å². The Kier molecular flexibility index (Phi) is 3.11. The number of hydrogen-bond acceptors (Lipinski definition) is 6. The van der Waals surface area contributed by atoms with Crippen molar-refractivity contribution in [1.82, 2.24) is 25.2 Å². The molecule has 0 spiro atoms. The molecule has 6 nitrogen and oxygen atoms in total. The molecule has 0 saturated heterocycles. The molecule has 0 aliphatic carbocycles. The van der Waals surface area contributed by atoms with Gasteiger partial charge in [-0.05, 0) is 46.5 Å². The van der Waals surface area contributed by atoms with Crippen molar-refractivity contribution in [2.45, 2.75) is 10.2 Å². The van der Waals surface area contributed by atoms with Gasteiger partial charge >= 0.3 is 0 Å². The van der Waals surface area contributed by atoms with E-state index in [4.69, 9.17) is 5.73 Å². The van der Waals surface area contributed by atoms with Crippen LogP contribution in [0.2, 0.25) is 0 Å². The molecule has 0 atom stereocenters. The van der Waals surface area contributed by atoms with Crippen molar-refractivity contribution < 1.29 is 0 Å². The second kappa shape index (κ2) is 5.07. The van der Waals surface area contributed by atoms with Crippen molar-refractivity contribution in [3.05, 3.63) is 48.7 Å². The summed E-state index contributed by atoms with van der Waals surface area (Å²) in [6, 6.07) is 13.3. The first-order valence-corrected chi connectivity index (χ1v) is 6.38. The van der Waals surface area contributed by atoms with Gasteiger partial charge < -0.3 is 5.73 Å². The van der Waals surface area contributed by atoms with Crippen molar-refractivity contribution in [1.29, 1.82) is 0 Å². The first kappa shape index (κ1) is 11.7. The lowest BCUT2D eigenvalue weighted by molar-refractivity contribution is 0.756. The zero-order valence-electron chi connectivity index (χ0n) is 9.84. The van der Waals surface area contributed by atoms with Crippen molar-refractivity contribution in [3.63, 3.8) is 0 Å². The number of nitrogen functional groups attached to an aromatic ring is 1. The third-order valence-corrected chi connectivity index (χ3v) is 3.40. The molecule has 7 heteroatoms. The minimum absolute atomic E-state index is 0.607. The highest BCUT2D eigenvalue weighted by atomic mass is 32.2. The smallest absolute Gasteiger partial charge is 0.220 e. The fourth-order valence-electron chi connectivity index (χ4n) is 1.55. The van der Waals surface area contributed by atoms with Gasteiger partial charge in [0.1, 0.15) is 5.03 Å². The van der Waals surface area contributed by atoms with Crippen molar-refractivity contribution in [2.24, 2.45) is 0 Å². The van der Waals surface area contributed by atoms with E-state index in [9.17, 15) is 0 Å². The molecule has 19 heavy (non-hydrogen) atoms. The molecule has 0 unspecified atom stereocenters. The van der Waals surface area contributed by atoms with Crippen molar-refractivity contribution in [3.8, 4) is 5.69 Å². The van der Waals surface area contributed by atoms with Gasteiger partial charge in [0.15, 0.2) is 0 Å². The first-order chi connectivity index (χ1) is 9.34. The molecule has 0 radical (unpaired) electrons. The third-order valence-electron chi connectivity index (χ3n) is 2.43. The molecule has 94 valence electrons. The topological polar surface area (TPSA) is 82.5 Å². The number of anilines is 1. The maximum Gasteiger partial charge on any atom is 0.220 e. The van der Waals surface area contributed by atoms with Gasteiger partial charge in [0.05, 0.1) is 11.4 Å². The van der Waals surface area contributed by atoms with Crippen LogP contribution in [0.15, 0.2) is 58.8 Å². The SMILES string of the molecule is Nc1cccnc1Sc1nnnn1-c1ccccc1. The summed E-state index contributed by atoms with van der Waals surface area (Å²) in [4.78, 5) is 4.22. The summed E-state index contributed by atoms with van der Waals surface area (Å²) in [6.45, 7) is 0. The lowest BCUT2D eigenvalue weighted by Crippen LogP contribution is -1.99. The van der Waals surface area contributed by atoms with Crippen LogP contribution in [0, 0.1) is 0 Å². The van der Waals surface area contributed by atoms with Crippen LogP contribution in [0.3, 0.4) is 0 Å². The highest BCUT2D eigenvalue weighted by Gasteiger charge is 2.12. The van der Waals surface area contributed by atoms with E-state index in [2.05, 4.69) is 20.5 Å². The molecule has 2 N–H and O–H groups in total. The number of nitrogens with zero attached hydrogens (tertiary/aromatic N) is 5. The van der Waals surface area contributed by atoms with E-state index < -0.39 is 0 Å². The fraction of sp³-hybridized carbons (Fsp3) is 0. The van der Waals surface area contributed by atoms with E-state index in [0.29, 0.717) is 15.9 Å². The normalized spacial score (nSPS) is 10.5. The number of tetrazole rings is 1. The van der Waals surface area contributed by atoms with E-state index in [-0.39, 0.29) is 0 Å². The number of benzene rings is 1. The Labute approximate surface area is 113 Å². The quantitative estimate of drug-likeness (QED) is 0.781. The lowest BCUT2D eigenvalue weighted by atomic mass is 10.3. The van der Waals surface area contributed by atoms with E-state index in [1.807, 2.05) is 30.3 Å². The summed E-state index contributed by atoms with van der Waals surface area (Å²) < 4.78 is 1.65. The average molecular weight is 270 g/mol. The molecule has 1 aromatic carbocycles. The van der Waals surface area contributed by atoms with Gasteiger partial charge in [0.25, 0.3) is 0 Å². The van der Waals surface area contributed by atoms with Gasteiger partial charge in [0, 0.05) is 6.20 Å². The number of para-hydroxylation sites is 1. The van der Waals surface area contributed by atoms with Crippen LogP contribution in [-0.2, 0) is 0 Å². The van der Waals surface area contributed by atoms with Gasteiger partial charge in [-0.25, -0.2) is 4.98 Å². The molecule has 0 bridgehead atoms. The fourth-order valence-corrected chi connectivity index (χ4v) is 2.33. The third kappa shape index (κ3) is 2.41. The van der Waals surface area contributed by atoms with Gasteiger partial charge in [-0.3, -0.25) is 0 Å². The Bertz CT molecular complexity index is 681. The number of pyridine rings is 1. The minimum Gasteiger partial charge on any atom is -0.397 e. The Balaban J connectivity index is 1.96. The van der Waals surface area contributed by atoms with Crippen LogP contribution >= 0.6 is 11.8 Å². The molecule has 0 saturated carbocycles.